The molecule has 0 amide bonds. The van der Waals surface area contributed by atoms with E-state index in [4.69, 9.17) is 15.3 Å². The average molecular weight is 564 g/mol. The monoisotopic (exact) mass is 563 g/mol. The second-order valence-corrected chi connectivity index (χ2v) is 14.0. The van der Waals surface area contributed by atoms with Crippen LogP contribution in [-0.2, 0) is 19.3 Å². The zero-order valence-corrected chi connectivity index (χ0v) is 25.4. The predicted molar refractivity (Wildman–Crippen MR) is 170 cm³/mol. The van der Waals surface area contributed by atoms with E-state index in [1.165, 1.54) is 113 Å². The van der Waals surface area contributed by atoms with Crippen molar-refractivity contribution in [2.75, 3.05) is 0 Å². The third-order valence-electron chi connectivity index (χ3n) is 10.9. The Morgan fingerprint density at radius 3 is 1.29 bits per heavy atom. The normalized spacial score (nSPS) is 20.9. The molecule has 0 saturated heterocycles. The largest absolute Gasteiger partial charge is 0.395 e. The van der Waals surface area contributed by atoms with E-state index in [1.54, 1.807) is 0 Å². The van der Waals surface area contributed by atoms with Crippen LogP contribution < -0.4 is 0 Å². The van der Waals surface area contributed by atoms with Crippen LogP contribution in [0.5, 0.6) is 0 Å². The Bertz CT molecular complexity index is 1280. The molecule has 0 N–H and O–H groups in total. The molecule has 0 spiro atoms. The highest BCUT2D eigenvalue weighted by molar-refractivity contribution is 6.82. The van der Waals surface area contributed by atoms with Gasteiger partial charge in [0.25, 0.3) is 0 Å². The summed E-state index contributed by atoms with van der Waals surface area (Å²) in [4.78, 5) is 0. The molecular formula is C35H48BN6-. The number of nitrogens with zero attached hydrogens (tertiary/aromatic N) is 6. The molecule has 0 radical (unpaired) electrons. The van der Waals surface area contributed by atoms with Crippen LogP contribution in [0.1, 0.15) is 113 Å². The molecule has 4 aliphatic rings. The molecule has 7 rings (SSSR count). The van der Waals surface area contributed by atoms with E-state index in [-0.39, 0.29) is 0 Å². The summed E-state index contributed by atoms with van der Waals surface area (Å²) in [6, 6.07) is 0. The summed E-state index contributed by atoms with van der Waals surface area (Å²) >= 11 is 0. The van der Waals surface area contributed by atoms with Crippen LogP contribution >= 0.6 is 0 Å². The van der Waals surface area contributed by atoms with E-state index < -0.39 is 6.55 Å². The quantitative estimate of drug-likeness (QED) is 0.188. The van der Waals surface area contributed by atoms with Crippen LogP contribution in [0.25, 0.3) is 0 Å². The lowest BCUT2D eigenvalue weighted by Crippen LogP contribution is -2.60. The van der Waals surface area contributed by atoms with Gasteiger partial charge in [0.15, 0.2) is 0 Å². The van der Waals surface area contributed by atoms with Crippen molar-refractivity contribution >= 4 is 6.55 Å². The summed E-state index contributed by atoms with van der Waals surface area (Å²) in [5, 5.41) is 15.3. The molecular weight excluding hydrogens is 515 g/mol. The summed E-state index contributed by atoms with van der Waals surface area (Å²) in [6.45, 7) is -1.85. The van der Waals surface area contributed by atoms with Crippen LogP contribution in [0.4, 0.5) is 0 Å². The van der Waals surface area contributed by atoms with Gasteiger partial charge >= 0.3 is 6.55 Å². The third kappa shape index (κ3) is 5.77. The fraction of sp³-hybridized carbons (Fsp3) is 0.600. The second kappa shape index (κ2) is 12.7. The van der Waals surface area contributed by atoms with Crippen molar-refractivity contribution in [2.24, 2.45) is 17.8 Å². The van der Waals surface area contributed by atoms with Gasteiger partial charge in [0.1, 0.15) is 0 Å². The lowest BCUT2D eigenvalue weighted by atomic mass is 9.53. The number of rotatable bonds is 10. The topological polar surface area (TPSA) is 53.5 Å². The number of aromatic nitrogens is 6. The second-order valence-electron chi connectivity index (χ2n) is 14.0. The Morgan fingerprint density at radius 1 is 0.571 bits per heavy atom. The number of allylic oxidation sites excluding steroid dienone is 3. The van der Waals surface area contributed by atoms with E-state index in [0.717, 1.165) is 42.5 Å². The fourth-order valence-electron chi connectivity index (χ4n) is 8.59. The molecule has 3 aromatic rings. The SMILES string of the molecule is C1=CC=CC=1[B-](n1cc(CC2CCCCC2)cn1)(n1cc(CC2CCCCC2)cn1)n1cc(CC2CCCCC2)cn1. The highest BCUT2D eigenvalue weighted by Crippen LogP contribution is 2.32. The Hall–Kier alpha value is -3.05. The predicted octanol–water partition coefficient (Wildman–Crippen LogP) is 7.72. The van der Waals surface area contributed by atoms with Gasteiger partial charge in [0.05, 0.1) is 0 Å². The lowest BCUT2D eigenvalue weighted by Gasteiger charge is -2.42. The van der Waals surface area contributed by atoms with Gasteiger partial charge in [-0.05, 0) is 78.4 Å². The molecule has 7 heteroatoms. The number of hydrogen-bond donors (Lipinski definition) is 0. The highest BCUT2D eigenvalue weighted by Gasteiger charge is 2.39. The van der Waals surface area contributed by atoms with Crippen molar-refractivity contribution in [3.05, 3.63) is 83.3 Å². The zero-order chi connectivity index (χ0) is 28.2. The first kappa shape index (κ1) is 27.8. The van der Waals surface area contributed by atoms with Crippen LogP contribution in [0.15, 0.2) is 66.6 Å². The van der Waals surface area contributed by atoms with Gasteiger partial charge < -0.3 is 13.8 Å². The molecule has 6 nitrogen and oxygen atoms in total. The van der Waals surface area contributed by atoms with Crippen LogP contribution in [0.3, 0.4) is 0 Å². The summed E-state index contributed by atoms with van der Waals surface area (Å²) < 4.78 is 6.54. The molecule has 3 aromatic heterocycles. The molecule has 42 heavy (non-hydrogen) atoms. The van der Waals surface area contributed by atoms with Gasteiger partial charge in [0, 0.05) is 18.6 Å². The molecule has 3 fully saturated rings. The van der Waals surface area contributed by atoms with Crippen molar-refractivity contribution in [3.63, 3.8) is 0 Å². The van der Waals surface area contributed by atoms with Crippen LogP contribution in [-0.4, -0.2) is 35.6 Å². The standard InChI is InChI=1S/C35H48BN6/c1-4-12-29(13-5-1)20-32-23-37-40(26-32)36(35-18-10-11-19-35,41-27-33(24-38-41)21-30-14-6-2-7-15-30)42-28-34(25-39-42)22-31-16-8-3-9-17-31/h10-11,18,23-31H,1-9,12-17,20-22H2/q-1. The Kier molecular flexibility index (Phi) is 8.38. The molecule has 0 unspecified atom stereocenters. The van der Waals surface area contributed by atoms with Crippen molar-refractivity contribution < 1.29 is 0 Å². The summed E-state index contributed by atoms with van der Waals surface area (Å²) in [5.41, 5.74) is 8.63. The van der Waals surface area contributed by atoms with Crippen LogP contribution in [0, 0.1) is 17.8 Å². The van der Waals surface area contributed by atoms with Crippen molar-refractivity contribution in [1.82, 2.24) is 29.1 Å². The van der Waals surface area contributed by atoms with Crippen LogP contribution in [0.2, 0.25) is 0 Å². The molecule has 4 aliphatic carbocycles. The first-order valence-electron chi connectivity index (χ1n) is 17.2. The molecule has 3 saturated carbocycles. The fourth-order valence-corrected chi connectivity index (χ4v) is 8.59. The van der Waals surface area contributed by atoms with Gasteiger partial charge in [0.2, 0.25) is 0 Å². The van der Waals surface area contributed by atoms with E-state index in [0.29, 0.717) is 0 Å². The Balaban J connectivity index is 1.28. The summed E-state index contributed by atoms with van der Waals surface area (Å²) in [6.07, 6.45) is 43.2. The van der Waals surface area contributed by atoms with Crippen molar-refractivity contribution in [3.8, 4) is 0 Å². The maximum absolute atomic E-state index is 5.12. The summed E-state index contributed by atoms with van der Waals surface area (Å²) in [5.74, 6) is 2.30. The first-order valence-corrected chi connectivity index (χ1v) is 17.2. The van der Waals surface area contributed by atoms with Gasteiger partial charge in [-0.25, -0.2) is 15.3 Å². The molecule has 0 aromatic carbocycles. The zero-order valence-electron chi connectivity index (χ0n) is 25.4. The van der Waals surface area contributed by atoms with E-state index in [9.17, 15) is 0 Å². The van der Waals surface area contributed by atoms with E-state index >= 15 is 0 Å². The van der Waals surface area contributed by atoms with E-state index in [2.05, 4.69) is 68.8 Å². The Morgan fingerprint density at radius 2 is 0.952 bits per heavy atom. The lowest BCUT2D eigenvalue weighted by molar-refractivity contribution is 0.356. The van der Waals surface area contributed by atoms with Gasteiger partial charge in [-0.1, -0.05) is 114 Å². The molecule has 222 valence electrons. The average Bonchev–Trinajstić information content (AvgIpc) is 3.86. The van der Waals surface area contributed by atoms with Crippen molar-refractivity contribution in [2.45, 2.75) is 116 Å². The minimum absolute atomic E-state index is 0.766. The maximum atomic E-state index is 5.12. The number of hydrogen-bond acceptors (Lipinski definition) is 3. The maximum Gasteiger partial charge on any atom is 0.376 e. The molecule has 0 atom stereocenters. The third-order valence-corrected chi connectivity index (χ3v) is 10.9. The Labute approximate surface area is 251 Å². The highest BCUT2D eigenvalue weighted by atomic mass is 15.5. The first-order chi connectivity index (χ1) is 20.8. The van der Waals surface area contributed by atoms with Gasteiger partial charge in [-0.15, -0.1) is 0 Å². The van der Waals surface area contributed by atoms with Gasteiger partial charge in [-0.3, -0.25) is 0 Å². The smallest absolute Gasteiger partial charge is 0.376 e. The molecule has 3 heterocycles. The molecule has 0 bridgehead atoms. The minimum Gasteiger partial charge on any atom is -0.395 e. The molecule has 0 aliphatic heterocycles. The van der Waals surface area contributed by atoms with E-state index in [1.807, 2.05) is 6.08 Å². The van der Waals surface area contributed by atoms with Crippen molar-refractivity contribution in [1.29, 1.82) is 0 Å². The van der Waals surface area contributed by atoms with Gasteiger partial charge in [-0.2, -0.15) is 5.73 Å². The summed E-state index contributed by atoms with van der Waals surface area (Å²) in [7, 11) is 0. The minimum atomic E-state index is -1.85.